The summed E-state index contributed by atoms with van der Waals surface area (Å²) < 4.78 is 5.98. The first-order valence-electron chi connectivity index (χ1n) is 8.72. The van der Waals surface area contributed by atoms with Gasteiger partial charge in [0, 0.05) is 27.8 Å². The molecule has 0 aliphatic rings. The molecule has 0 bridgehead atoms. The van der Waals surface area contributed by atoms with Crippen LogP contribution in [0.25, 0.3) is 21.9 Å². The van der Waals surface area contributed by atoms with Crippen LogP contribution in [0.15, 0.2) is 108 Å². The quantitative estimate of drug-likeness (QED) is 0.351. The summed E-state index contributed by atoms with van der Waals surface area (Å²) in [6.45, 7) is 0. The van der Waals surface area contributed by atoms with Crippen LogP contribution in [0.3, 0.4) is 0 Å². The van der Waals surface area contributed by atoms with Gasteiger partial charge in [0.1, 0.15) is 11.2 Å². The number of furan rings is 1. The van der Waals surface area contributed by atoms with Crippen LogP contribution in [0, 0.1) is 0 Å². The van der Waals surface area contributed by atoms with Gasteiger partial charge < -0.3 is 9.32 Å². The molecule has 124 valence electrons. The van der Waals surface area contributed by atoms with Gasteiger partial charge in [0.2, 0.25) is 0 Å². The van der Waals surface area contributed by atoms with E-state index in [1.807, 2.05) is 24.3 Å². The Balaban J connectivity index is 1.75. The van der Waals surface area contributed by atoms with Gasteiger partial charge >= 0.3 is 0 Å². The van der Waals surface area contributed by atoms with Crippen molar-refractivity contribution in [3.05, 3.63) is 103 Å². The molecule has 0 unspecified atom stereocenters. The minimum absolute atomic E-state index is 0.913. The molecule has 0 saturated heterocycles. The lowest BCUT2D eigenvalue weighted by Gasteiger charge is -2.25. The molecule has 0 fully saturated rings. The number of anilines is 3. The average Bonchev–Trinajstić information content (AvgIpc) is 3.08. The maximum absolute atomic E-state index is 5.98. The van der Waals surface area contributed by atoms with Crippen molar-refractivity contribution >= 4 is 39.0 Å². The number of benzene rings is 4. The topological polar surface area (TPSA) is 16.4 Å². The second-order valence-electron chi connectivity index (χ2n) is 6.29. The highest BCUT2D eigenvalue weighted by atomic mass is 16.3. The molecule has 0 saturated carbocycles. The molecule has 2 heteroatoms. The zero-order valence-electron chi connectivity index (χ0n) is 14.2. The molecular formula is C24H17NO. The summed E-state index contributed by atoms with van der Waals surface area (Å²) in [6, 6.07) is 35.4. The van der Waals surface area contributed by atoms with Crippen LogP contribution in [0.5, 0.6) is 0 Å². The average molecular weight is 335 g/mol. The summed E-state index contributed by atoms with van der Waals surface area (Å²) in [5.74, 6) is 0. The van der Waals surface area contributed by atoms with Gasteiger partial charge in [-0.1, -0.05) is 54.6 Å². The molecular weight excluding hydrogens is 318 g/mol. The minimum atomic E-state index is 0.913. The Hall–Kier alpha value is -3.52. The lowest BCUT2D eigenvalue weighted by atomic mass is 10.1. The van der Waals surface area contributed by atoms with E-state index in [4.69, 9.17) is 4.42 Å². The van der Waals surface area contributed by atoms with Crippen LogP contribution in [-0.4, -0.2) is 0 Å². The van der Waals surface area contributed by atoms with Crippen molar-refractivity contribution in [3.63, 3.8) is 0 Å². The molecule has 1 heterocycles. The van der Waals surface area contributed by atoms with E-state index in [2.05, 4.69) is 83.8 Å². The lowest BCUT2D eigenvalue weighted by molar-refractivity contribution is 0.669. The van der Waals surface area contributed by atoms with Gasteiger partial charge in [-0.2, -0.15) is 0 Å². The number of para-hydroxylation sites is 3. The van der Waals surface area contributed by atoms with Crippen molar-refractivity contribution in [3.8, 4) is 0 Å². The summed E-state index contributed by atoms with van der Waals surface area (Å²) in [5, 5.41) is 2.28. The summed E-state index contributed by atoms with van der Waals surface area (Å²) in [7, 11) is 0. The number of hydrogen-bond donors (Lipinski definition) is 0. The van der Waals surface area contributed by atoms with Gasteiger partial charge in [-0.15, -0.1) is 0 Å². The summed E-state index contributed by atoms with van der Waals surface area (Å²) in [6.07, 6.45) is 0. The van der Waals surface area contributed by atoms with Gasteiger partial charge in [0.15, 0.2) is 0 Å². The molecule has 0 spiro atoms. The molecule has 2 nitrogen and oxygen atoms in total. The Bertz CT molecular complexity index is 1140. The van der Waals surface area contributed by atoms with Crippen LogP contribution in [-0.2, 0) is 0 Å². The SMILES string of the molecule is c1ccc(N(c2ccccc2)c2ccc3oc4ccccc4c3c2)cc1. The van der Waals surface area contributed by atoms with E-state index in [1.54, 1.807) is 0 Å². The Morgan fingerprint density at radius 3 is 1.73 bits per heavy atom. The zero-order valence-corrected chi connectivity index (χ0v) is 14.2. The Morgan fingerprint density at radius 2 is 1.04 bits per heavy atom. The third-order valence-corrected chi connectivity index (χ3v) is 4.65. The fraction of sp³-hybridized carbons (Fsp3) is 0. The zero-order chi connectivity index (χ0) is 17.3. The van der Waals surface area contributed by atoms with Crippen LogP contribution < -0.4 is 4.90 Å². The van der Waals surface area contributed by atoms with Crippen molar-refractivity contribution in [2.24, 2.45) is 0 Å². The predicted octanol–water partition coefficient (Wildman–Crippen LogP) is 7.06. The maximum Gasteiger partial charge on any atom is 0.135 e. The highest BCUT2D eigenvalue weighted by Crippen LogP contribution is 2.38. The Kier molecular flexibility index (Phi) is 3.46. The number of rotatable bonds is 3. The first kappa shape index (κ1) is 14.8. The smallest absolute Gasteiger partial charge is 0.135 e. The fourth-order valence-corrected chi connectivity index (χ4v) is 3.45. The van der Waals surface area contributed by atoms with Crippen molar-refractivity contribution in [1.29, 1.82) is 0 Å². The van der Waals surface area contributed by atoms with Crippen molar-refractivity contribution in [2.45, 2.75) is 0 Å². The summed E-state index contributed by atoms with van der Waals surface area (Å²) in [4.78, 5) is 2.27. The monoisotopic (exact) mass is 335 g/mol. The normalized spacial score (nSPS) is 11.1. The van der Waals surface area contributed by atoms with Crippen LogP contribution >= 0.6 is 0 Å². The molecule has 0 aliphatic carbocycles. The second-order valence-corrected chi connectivity index (χ2v) is 6.29. The maximum atomic E-state index is 5.98. The summed E-state index contributed by atoms with van der Waals surface area (Å²) in [5.41, 5.74) is 5.21. The van der Waals surface area contributed by atoms with Gasteiger partial charge in [-0.3, -0.25) is 0 Å². The molecule has 0 N–H and O–H groups in total. The van der Waals surface area contributed by atoms with E-state index in [-0.39, 0.29) is 0 Å². The molecule has 5 rings (SSSR count). The van der Waals surface area contributed by atoms with E-state index < -0.39 is 0 Å². The largest absolute Gasteiger partial charge is 0.456 e. The molecule has 0 atom stereocenters. The van der Waals surface area contributed by atoms with Gasteiger partial charge in [0.25, 0.3) is 0 Å². The van der Waals surface area contributed by atoms with Crippen molar-refractivity contribution in [1.82, 2.24) is 0 Å². The van der Waals surface area contributed by atoms with Gasteiger partial charge in [0.05, 0.1) is 0 Å². The van der Waals surface area contributed by atoms with Crippen LogP contribution in [0.4, 0.5) is 17.1 Å². The van der Waals surface area contributed by atoms with Crippen molar-refractivity contribution < 1.29 is 4.42 Å². The van der Waals surface area contributed by atoms with Gasteiger partial charge in [-0.05, 0) is 48.5 Å². The van der Waals surface area contributed by atoms with Gasteiger partial charge in [-0.25, -0.2) is 0 Å². The molecule has 0 radical (unpaired) electrons. The predicted molar refractivity (Wildman–Crippen MR) is 108 cm³/mol. The Morgan fingerprint density at radius 1 is 0.462 bits per heavy atom. The number of nitrogens with zero attached hydrogens (tertiary/aromatic N) is 1. The fourth-order valence-electron chi connectivity index (χ4n) is 3.45. The van der Waals surface area contributed by atoms with E-state index in [1.165, 1.54) is 0 Å². The highest BCUT2D eigenvalue weighted by molar-refractivity contribution is 6.06. The number of fused-ring (bicyclic) bond motifs is 3. The second kappa shape index (κ2) is 6.08. The Labute approximate surface area is 151 Å². The lowest BCUT2D eigenvalue weighted by Crippen LogP contribution is -2.09. The highest BCUT2D eigenvalue weighted by Gasteiger charge is 2.14. The van der Waals surface area contributed by atoms with Crippen LogP contribution in [0.1, 0.15) is 0 Å². The summed E-state index contributed by atoms with van der Waals surface area (Å²) >= 11 is 0. The molecule has 0 aliphatic heterocycles. The van der Waals surface area contributed by atoms with Crippen molar-refractivity contribution in [2.75, 3.05) is 4.90 Å². The van der Waals surface area contributed by atoms with E-state index in [0.717, 1.165) is 39.0 Å². The molecule has 4 aromatic carbocycles. The van der Waals surface area contributed by atoms with E-state index in [0.29, 0.717) is 0 Å². The van der Waals surface area contributed by atoms with E-state index >= 15 is 0 Å². The standard InChI is InChI=1S/C24H17NO/c1-3-9-18(10-4-1)25(19-11-5-2-6-12-19)20-15-16-24-22(17-20)21-13-7-8-14-23(21)26-24/h1-17H. The van der Waals surface area contributed by atoms with E-state index in [9.17, 15) is 0 Å². The molecule has 1 aromatic heterocycles. The third kappa shape index (κ3) is 2.44. The first-order chi connectivity index (χ1) is 12.9. The number of hydrogen-bond acceptors (Lipinski definition) is 2. The third-order valence-electron chi connectivity index (χ3n) is 4.65. The molecule has 0 amide bonds. The molecule has 5 aromatic rings. The van der Waals surface area contributed by atoms with Crippen LogP contribution in [0.2, 0.25) is 0 Å². The minimum Gasteiger partial charge on any atom is -0.456 e. The first-order valence-corrected chi connectivity index (χ1v) is 8.72. The molecule has 26 heavy (non-hydrogen) atoms.